The number of nitrogen functional groups attached to an aromatic ring is 1. The van der Waals surface area contributed by atoms with Crippen LogP contribution in [0.1, 0.15) is 23.7 Å². The minimum atomic E-state index is -1.22. The number of nitrogens with zero attached hydrogens (tertiary/aromatic N) is 1. The molecule has 2 rings (SSSR count). The molecule has 1 unspecified atom stereocenters. The fraction of sp³-hybridized carbons (Fsp3) is 0.462. The summed E-state index contributed by atoms with van der Waals surface area (Å²) in [7, 11) is 0. The van der Waals surface area contributed by atoms with Gasteiger partial charge in [-0.05, 0) is 25.5 Å². The SMILES string of the molecule is CC1CN(c2ccc(F)c(N)c2C(=O)O)CCCO1. The minimum Gasteiger partial charge on any atom is -0.478 e. The fourth-order valence-electron chi connectivity index (χ4n) is 2.28. The van der Waals surface area contributed by atoms with Crippen LogP contribution in [-0.2, 0) is 4.74 Å². The molecule has 104 valence electrons. The number of carboxylic acids is 1. The van der Waals surface area contributed by atoms with E-state index in [1.807, 2.05) is 11.8 Å². The van der Waals surface area contributed by atoms with Crippen LogP contribution in [0.4, 0.5) is 15.8 Å². The molecule has 1 fully saturated rings. The zero-order valence-electron chi connectivity index (χ0n) is 10.7. The summed E-state index contributed by atoms with van der Waals surface area (Å²) < 4.78 is 18.9. The van der Waals surface area contributed by atoms with Crippen LogP contribution in [0.25, 0.3) is 0 Å². The van der Waals surface area contributed by atoms with Crippen LogP contribution in [0, 0.1) is 5.82 Å². The van der Waals surface area contributed by atoms with Gasteiger partial charge in [-0.15, -0.1) is 0 Å². The van der Waals surface area contributed by atoms with Crippen LogP contribution < -0.4 is 10.6 Å². The molecule has 5 nitrogen and oxygen atoms in total. The number of benzene rings is 1. The average molecular weight is 268 g/mol. The molecule has 19 heavy (non-hydrogen) atoms. The first-order chi connectivity index (χ1) is 9.00. The summed E-state index contributed by atoms with van der Waals surface area (Å²) >= 11 is 0. The lowest BCUT2D eigenvalue weighted by Crippen LogP contribution is -2.31. The number of carbonyl (C=O) groups is 1. The number of carboxylic acid groups (broad SMARTS) is 1. The standard InChI is InChI=1S/C13H17FN2O3/c1-8-7-16(5-2-6-19-8)10-4-3-9(14)12(15)11(10)13(17)18/h3-4,8H,2,5-7,15H2,1H3,(H,17,18). The van der Waals surface area contributed by atoms with Crippen LogP contribution in [0.3, 0.4) is 0 Å². The first kappa shape index (κ1) is 13.6. The minimum absolute atomic E-state index is 0.00424. The van der Waals surface area contributed by atoms with Gasteiger partial charge < -0.3 is 20.5 Å². The highest BCUT2D eigenvalue weighted by molar-refractivity contribution is 6.00. The Hall–Kier alpha value is -1.82. The number of ether oxygens (including phenoxy) is 1. The quantitative estimate of drug-likeness (QED) is 0.799. The Balaban J connectivity index is 2.43. The summed E-state index contributed by atoms with van der Waals surface area (Å²) in [6, 6.07) is 2.67. The van der Waals surface area contributed by atoms with Gasteiger partial charge in [-0.1, -0.05) is 0 Å². The molecule has 0 radical (unpaired) electrons. The number of hydrogen-bond acceptors (Lipinski definition) is 4. The second-order valence-corrected chi connectivity index (χ2v) is 4.64. The number of nitrogens with two attached hydrogens (primary N) is 1. The van der Waals surface area contributed by atoms with Crippen molar-refractivity contribution in [3.8, 4) is 0 Å². The van der Waals surface area contributed by atoms with Crippen LogP contribution >= 0.6 is 0 Å². The smallest absolute Gasteiger partial charge is 0.340 e. The molecule has 0 amide bonds. The number of halogens is 1. The van der Waals surface area contributed by atoms with E-state index in [1.54, 1.807) is 0 Å². The third-order valence-electron chi connectivity index (χ3n) is 3.18. The molecular weight excluding hydrogens is 251 g/mol. The Morgan fingerprint density at radius 2 is 2.32 bits per heavy atom. The van der Waals surface area contributed by atoms with Crippen molar-refractivity contribution in [1.82, 2.24) is 0 Å². The highest BCUT2D eigenvalue weighted by Gasteiger charge is 2.23. The molecule has 0 saturated carbocycles. The van der Waals surface area contributed by atoms with Crippen molar-refractivity contribution in [2.75, 3.05) is 30.3 Å². The Bertz CT molecular complexity index is 493. The molecule has 1 aliphatic rings. The van der Waals surface area contributed by atoms with Gasteiger partial charge in [-0.2, -0.15) is 0 Å². The van der Waals surface area contributed by atoms with E-state index >= 15 is 0 Å². The zero-order valence-corrected chi connectivity index (χ0v) is 10.7. The Morgan fingerprint density at radius 1 is 1.58 bits per heavy atom. The Labute approximate surface area is 110 Å². The fourth-order valence-corrected chi connectivity index (χ4v) is 2.28. The van der Waals surface area contributed by atoms with Gasteiger partial charge in [0.15, 0.2) is 0 Å². The first-order valence-electron chi connectivity index (χ1n) is 6.18. The predicted octanol–water partition coefficient (Wildman–Crippen LogP) is 1.72. The Morgan fingerprint density at radius 3 is 3.00 bits per heavy atom. The van der Waals surface area contributed by atoms with Gasteiger partial charge in [0, 0.05) is 19.7 Å². The molecule has 0 bridgehead atoms. The van der Waals surface area contributed by atoms with Crippen molar-refractivity contribution in [1.29, 1.82) is 0 Å². The van der Waals surface area contributed by atoms with Crippen LogP contribution in [-0.4, -0.2) is 36.9 Å². The maximum absolute atomic E-state index is 13.4. The molecule has 0 aliphatic carbocycles. The molecule has 0 spiro atoms. The normalized spacial score (nSPS) is 20.1. The van der Waals surface area contributed by atoms with Gasteiger partial charge in [0.1, 0.15) is 11.4 Å². The highest BCUT2D eigenvalue weighted by Crippen LogP contribution is 2.29. The van der Waals surface area contributed by atoms with E-state index in [2.05, 4.69) is 0 Å². The van der Waals surface area contributed by atoms with Crippen molar-refractivity contribution in [2.45, 2.75) is 19.4 Å². The van der Waals surface area contributed by atoms with E-state index in [1.165, 1.54) is 12.1 Å². The van der Waals surface area contributed by atoms with E-state index in [4.69, 9.17) is 10.5 Å². The van der Waals surface area contributed by atoms with Gasteiger partial charge in [-0.3, -0.25) is 0 Å². The lowest BCUT2D eigenvalue weighted by molar-refractivity contribution is 0.0697. The predicted molar refractivity (Wildman–Crippen MR) is 70.0 cm³/mol. The number of rotatable bonds is 2. The molecule has 6 heteroatoms. The monoisotopic (exact) mass is 268 g/mol. The van der Waals surface area contributed by atoms with Crippen molar-refractivity contribution < 1.29 is 19.0 Å². The molecule has 1 aromatic rings. The van der Waals surface area contributed by atoms with Crippen LogP contribution in [0.15, 0.2) is 12.1 Å². The highest BCUT2D eigenvalue weighted by atomic mass is 19.1. The van der Waals surface area contributed by atoms with E-state index in [0.29, 0.717) is 25.4 Å². The third kappa shape index (κ3) is 2.78. The van der Waals surface area contributed by atoms with Gasteiger partial charge in [0.2, 0.25) is 0 Å². The van der Waals surface area contributed by atoms with E-state index in [9.17, 15) is 14.3 Å². The van der Waals surface area contributed by atoms with Gasteiger partial charge in [0.05, 0.1) is 17.5 Å². The van der Waals surface area contributed by atoms with Gasteiger partial charge in [0.25, 0.3) is 0 Å². The largest absolute Gasteiger partial charge is 0.478 e. The van der Waals surface area contributed by atoms with E-state index in [0.717, 1.165) is 6.42 Å². The lowest BCUT2D eigenvalue weighted by Gasteiger charge is -2.26. The summed E-state index contributed by atoms with van der Waals surface area (Å²) in [5.41, 5.74) is 5.51. The molecule has 0 aromatic heterocycles. The van der Waals surface area contributed by atoms with Crippen LogP contribution in [0.5, 0.6) is 0 Å². The molecule has 1 aromatic carbocycles. The van der Waals surface area contributed by atoms with Gasteiger partial charge >= 0.3 is 5.97 Å². The molecular formula is C13H17FN2O3. The summed E-state index contributed by atoms with van der Waals surface area (Å²) in [5.74, 6) is -1.93. The lowest BCUT2D eigenvalue weighted by atomic mass is 10.1. The molecule has 3 N–H and O–H groups in total. The van der Waals surface area contributed by atoms with E-state index < -0.39 is 11.8 Å². The van der Waals surface area contributed by atoms with Crippen molar-refractivity contribution in [2.24, 2.45) is 0 Å². The zero-order chi connectivity index (χ0) is 14.0. The molecule has 1 saturated heterocycles. The summed E-state index contributed by atoms with van der Waals surface area (Å²) in [4.78, 5) is 13.2. The Kier molecular flexibility index (Phi) is 3.90. The first-order valence-corrected chi connectivity index (χ1v) is 6.18. The second kappa shape index (κ2) is 5.44. The summed E-state index contributed by atoms with van der Waals surface area (Å²) in [6.45, 7) is 3.78. The van der Waals surface area contributed by atoms with Gasteiger partial charge in [-0.25, -0.2) is 9.18 Å². The summed E-state index contributed by atoms with van der Waals surface area (Å²) in [5, 5.41) is 9.23. The average Bonchev–Trinajstić information content (AvgIpc) is 2.56. The summed E-state index contributed by atoms with van der Waals surface area (Å²) in [6.07, 6.45) is 0.788. The van der Waals surface area contributed by atoms with Crippen molar-refractivity contribution >= 4 is 17.3 Å². The van der Waals surface area contributed by atoms with Crippen LogP contribution in [0.2, 0.25) is 0 Å². The second-order valence-electron chi connectivity index (χ2n) is 4.64. The molecule has 1 heterocycles. The molecule has 1 aliphatic heterocycles. The number of hydrogen-bond donors (Lipinski definition) is 2. The molecule has 1 atom stereocenters. The maximum atomic E-state index is 13.4. The van der Waals surface area contributed by atoms with E-state index in [-0.39, 0.29) is 17.4 Å². The number of aromatic carboxylic acids is 1. The maximum Gasteiger partial charge on any atom is 0.340 e. The number of anilines is 2. The third-order valence-corrected chi connectivity index (χ3v) is 3.18. The van der Waals surface area contributed by atoms with Crippen molar-refractivity contribution in [3.05, 3.63) is 23.5 Å². The topological polar surface area (TPSA) is 75.8 Å². The van der Waals surface area contributed by atoms with Crippen molar-refractivity contribution in [3.63, 3.8) is 0 Å².